The lowest BCUT2D eigenvalue weighted by atomic mass is 9.77. The summed E-state index contributed by atoms with van der Waals surface area (Å²) in [6.45, 7) is 3.00. The van der Waals surface area contributed by atoms with Gasteiger partial charge in [-0.2, -0.15) is 8.42 Å². The van der Waals surface area contributed by atoms with Gasteiger partial charge in [-0.15, -0.1) is 0 Å². The first-order valence-corrected chi connectivity index (χ1v) is 12.5. The molecule has 0 fully saturated rings. The maximum atomic E-state index is 12.5. The van der Waals surface area contributed by atoms with Crippen molar-refractivity contribution >= 4 is 33.3 Å². The van der Waals surface area contributed by atoms with Crippen molar-refractivity contribution < 1.29 is 32.0 Å². The molecule has 2 heterocycles. The fourth-order valence-corrected chi connectivity index (χ4v) is 5.21. The Balaban J connectivity index is 1.62. The van der Waals surface area contributed by atoms with E-state index in [1.807, 2.05) is 0 Å². The van der Waals surface area contributed by atoms with Gasteiger partial charge in [-0.3, -0.25) is 14.1 Å². The molecule has 1 unspecified atom stereocenters. The second-order valence-corrected chi connectivity index (χ2v) is 10.2. The topological polar surface area (TPSA) is 157 Å². The fourth-order valence-electron chi connectivity index (χ4n) is 4.68. The van der Waals surface area contributed by atoms with E-state index in [0.717, 1.165) is 0 Å². The zero-order valence-corrected chi connectivity index (χ0v) is 20.2. The van der Waals surface area contributed by atoms with Gasteiger partial charge < -0.3 is 25.8 Å². The molecule has 5 N–H and O–H groups in total. The summed E-state index contributed by atoms with van der Waals surface area (Å²) in [6.07, 6.45) is 0. The van der Waals surface area contributed by atoms with E-state index >= 15 is 0 Å². The first-order valence-electron chi connectivity index (χ1n) is 11.0. The number of fused-ring (bicyclic) bond motifs is 6. The first-order chi connectivity index (χ1) is 17.0. The Morgan fingerprint density at radius 1 is 1.03 bits per heavy atom. The quantitative estimate of drug-likeness (QED) is 0.309. The molecule has 186 valence electrons. The third-order valence-electron chi connectivity index (χ3n) is 6.24. The molecule has 0 saturated carbocycles. The SMILES string of the molecule is CC(=O)N[C@@H](C)C(=O)Nc1ccc2c(c1)Oc1cc(N)ccc1C21OCc2cc(S(=O)(=O)O)ccc21. The molecule has 0 bridgehead atoms. The summed E-state index contributed by atoms with van der Waals surface area (Å²) in [4.78, 5) is 23.6. The lowest BCUT2D eigenvalue weighted by Crippen LogP contribution is -2.40. The Kier molecular flexibility index (Phi) is 5.51. The van der Waals surface area contributed by atoms with Gasteiger partial charge in [0.1, 0.15) is 17.5 Å². The van der Waals surface area contributed by atoms with Crippen molar-refractivity contribution in [2.45, 2.75) is 37.0 Å². The summed E-state index contributed by atoms with van der Waals surface area (Å²) in [7, 11) is -4.39. The van der Waals surface area contributed by atoms with E-state index in [9.17, 15) is 22.6 Å². The molecule has 0 radical (unpaired) electrons. The molecule has 11 heteroatoms. The number of hydrogen-bond acceptors (Lipinski definition) is 7. The van der Waals surface area contributed by atoms with Gasteiger partial charge in [-0.25, -0.2) is 0 Å². The lowest BCUT2D eigenvalue weighted by molar-refractivity contribution is -0.124. The number of rotatable bonds is 4. The number of benzene rings is 3. The second kappa shape index (κ2) is 8.33. The highest BCUT2D eigenvalue weighted by molar-refractivity contribution is 7.85. The van der Waals surface area contributed by atoms with Crippen LogP contribution in [0.15, 0.2) is 59.5 Å². The average molecular weight is 510 g/mol. The molecule has 2 amide bonds. The van der Waals surface area contributed by atoms with Gasteiger partial charge in [0.2, 0.25) is 11.8 Å². The number of amides is 2. The minimum Gasteiger partial charge on any atom is -0.456 e. The summed E-state index contributed by atoms with van der Waals surface area (Å²) in [5.41, 5.74) is 8.42. The Morgan fingerprint density at radius 2 is 1.69 bits per heavy atom. The molecule has 0 aliphatic carbocycles. The molecule has 0 aromatic heterocycles. The van der Waals surface area contributed by atoms with Crippen LogP contribution in [0.4, 0.5) is 11.4 Å². The highest BCUT2D eigenvalue weighted by atomic mass is 32.2. The van der Waals surface area contributed by atoms with E-state index in [-0.39, 0.29) is 17.4 Å². The van der Waals surface area contributed by atoms with Crippen LogP contribution in [0.1, 0.15) is 36.1 Å². The zero-order valence-electron chi connectivity index (χ0n) is 19.4. The predicted octanol–water partition coefficient (Wildman–Crippen LogP) is 2.91. The van der Waals surface area contributed by atoms with Crippen LogP contribution in [0.5, 0.6) is 11.5 Å². The van der Waals surface area contributed by atoms with Crippen molar-refractivity contribution in [2.75, 3.05) is 11.1 Å². The Hall–Kier alpha value is -3.93. The van der Waals surface area contributed by atoms with Crippen molar-refractivity contribution in [1.29, 1.82) is 0 Å². The molecule has 10 nitrogen and oxygen atoms in total. The number of nitrogens with one attached hydrogen (secondary N) is 2. The van der Waals surface area contributed by atoms with E-state index in [2.05, 4.69) is 10.6 Å². The summed E-state index contributed by atoms with van der Waals surface area (Å²) in [5, 5.41) is 5.29. The number of carbonyl (C=O) groups is 2. The van der Waals surface area contributed by atoms with Crippen molar-refractivity contribution in [3.8, 4) is 11.5 Å². The molecule has 3 aromatic carbocycles. The summed E-state index contributed by atoms with van der Waals surface area (Å²) in [5.74, 6) is 0.131. The van der Waals surface area contributed by atoms with Crippen LogP contribution >= 0.6 is 0 Å². The number of hydrogen-bond donors (Lipinski definition) is 4. The number of ether oxygens (including phenoxy) is 2. The molecule has 2 aliphatic heterocycles. The number of nitrogen functional groups attached to an aromatic ring is 1. The molecular weight excluding hydrogens is 486 g/mol. The van der Waals surface area contributed by atoms with Gasteiger partial charge in [0.25, 0.3) is 10.1 Å². The minimum absolute atomic E-state index is 0.0919. The van der Waals surface area contributed by atoms with Gasteiger partial charge in [0, 0.05) is 41.6 Å². The molecule has 2 aliphatic rings. The van der Waals surface area contributed by atoms with Gasteiger partial charge in [-0.05, 0) is 54.4 Å². The van der Waals surface area contributed by atoms with Crippen molar-refractivity contribution in [1.82, 2.24) is 5.32 Å². The van der Waals surface area contributed by atoms with Crippen LogP contribution in [0.2, 0.25) is 0 Å². The number of nitrogens with two attached hydrogens (primary N) is 1. The highest BCUT2D eigenvalue weighted by Gasteiger charge is 2.49. The Bertz CT molecular complexity index is 1540. The van der Waals surface area contributed by atoms with Gasteiger partial charge in [0.15, 0.2) is 5.60 Å². The van der Waals surface area contributed by atoms with Crippen molar-refractivity contribution in [3.05, 3.63) is 76.9 Å². The van der Waals surface area contributed by atoms with Crippen molar-refractivity contribution in [2.24, 2.45) is 0 Å². The van der Waals surface area contributed by atoms with E-state index in [0.29, 0.717) is 45.1 Å². The van der Waals surface area contributed by atoms with Crippen LogP contribution in [-0.4, -0.2) is 30.8 Å². The maximum Gasteiger partial charge on any atom is 0.294 e. The molecule has 3 aromatic rings. The van der Waals surface area contributed by atoms with Crippen LogP contribution in [0.25, 0.3) is 0 Å². The lowest BCUT2D eigenvalue weighted by Gasteiger charge is -2.37. The van der Waals surface area contributed by atoms with E-state index in [1.54, 1.807) is 49.4 Å². The minimum atomic E-state index is -4.39. The Morgan fingerprint density at radius 3 is 2.39 bits per heavy atom. The molecule has 0 saturated heterocycles. The van der Waals surface area contributed by atoms with Crippen molar-refractivity contribution in [3.63, 3.8) is 0 Å². The molecule has 36 heavy (non-hydrogen) atoms. The van der Waals surface area contributed by atoms with Gasteiger partial charge in [0.05, 0.1) is 11.5 Å². The largest absolute Gasteiger partial charge is 0.456 e. The smallest absolute Gasteiger partial charge is 0.294 e. The predicted molar refractivity (Wildman–Crippen MR) is 130 cm³/mol. The highest BCUT2D eigenvalue weighted by Crippen LogP contribution is 2.56. The van der Waals surface area contributed by atoms with E-state index in [4.69, 9.17) is 15.2 Å². The van der Waals surface area contributed by atoms with Crippen LogP contribution in [0, 0.1) is 0 Å². The van der Waals surface area contributed by atoms with Crippen LogP contribution in [-0.2, 0) is 36.7 Å². The standard InChI is InChI=1S/C25H23N3O7S/c1-13(27-14(2)29)24(30)28-17-4-7-21-23(11-17)35-22-10-16(26)3-6-20(22)25(21)19-8-5-18(36(31,32)33)9-15(19)12-34-25/h3-11,13H,12,26H2,1-2H3,(H,27,29)(H,28,30)(H,31,32,33)/t13-,25?/m0/s1. The first kappa shape index (κ1) is 23.8. The van der Waals surface area contributed by atoms with E-state index in [1.165, 1.54) is 19.1 Å². The van der Waals surface area contributed by atoms with Crippen LogP contribution < -0.4 is 21.1 Å². The van der Waals surface area contributed by atoms with E-state index < -0.39 is 27.7 Å². The van der Waals surface area contributed by atoms with Crippen LogP contribution in [0.3, 0.4) is 0 Å². The molecule has 1 spiro atoms. The zero-order chi connectivity index (χ0) is 25.8. The second-order valence-electron chi connectivity index (χ2n) is 8.74. The maximum absolute atomic E-state index is 12.5. The summed E-state index contributed by atoms with van der Waals surface area (Å²) in [6, 6.07) is 13.9. The monoisotopic (exact) mass is 509 g/mol. The number of anilines is 2. The Labute approximate surface area is 207 Å². The molecular formula is C25H23N3O7S. The fraction of sp³-hybridized carbons (Fsp3) is 0.200. The summed E-state index contributed by atoms with van der Waals surface area (Å²) >= 11 is 0. The molecule has 5 rings (SSSR count). The third-order valence-corrected chi connectivity index (χ3v) is 7.09. The molecule has 2 atom stereocenters. The van der Waals surface area contributed by atoms with Gasteiger partial charge >= 0.3 is 0 Å². The average Bonchev–Trinajstić information content (AvgIpc) is 3.17. The number of carbonyl (C=O) groups excluding carboxylic acids is 2. The summed E-state index contributed by atoms with van der Waals surface area (Å²) < 4.78 is 45.4. The van der Waals surface area contributed by atoms with Gasteiger partial charge in [-0.1, -0.05) is 6.07 Å². The third kappa shape index (κ3) is 3.87. The normalized spacial score (nSPS) is 18.4.